The molecular formula is C19H20FN5O. The van der Waals surface area contributed by atoms with Crippen LogP contribution in [0.25, 0.3) is 10.9 Å². The predicted molar refractivity (Wildman–Crippen MR) is 97.8 cm³/mol. The summed E-state index contributed by atoms with van der Waals surface area (Å²) in [5.74, 6) is -0.141. The molecule has 26 heavy (non-hydrogen) atoms. The minimum absolute atomic E-state index is 0.0572. The second kappa shape index (κ2) is 6.09. The van der Waals surface area contributed by atoms with Crippen LogP contribution in [-0.2, 0) is 12.8 Å². The number of aryl methyl sites for hydroxylation is 1. The fraction of sp³-hybridized carbons (Fsp3) is 0.316. The number of fused-ring (bicyclic) bond motifs is 2. The summed E-state index contributed by atoms with van der Waals surface area (Å²) in [5, 5.41) is 0.684. The molecule has 1 unspecified atom stereocenters. The maximum Gasteiger partial charge on any atom is 0.265 e. The number of hydrogen-bond acceptors (Lipinski definition) is 4. The third kappa shape index (κ3) is 2.69. The lowest BCUT2D eigenvalue weighted by Crippen LogP contribution is -2.25. The Morgan fingerprint density at radius 3 is 2.88 bits per heavy atom. The molecule has 2 heterocycles. The maximum atomic E-state index is 13.6. The summed E-state index contributed by atoms with van der Waals surface area (Å²) in [4.78, 5) is 22.9. The lowest BCUT2D eigenvalue weighted by Gasteiger charge is -2.27. The normalized spacial score (nSPS) is 16.5. The largest absolute Gasteiger partial charge is 0.364 e. The Morgan fingerprint density at radius 2 is 2.15 bits per heavy atom. The fourth-order valence-corrected chi connectivity index (χ4v) is 3.70. The molecule has 0 spiro atoms. The van der Waals surface area contributed by atoms with E-state index in [2.05, 4.69) is 9.97 Å². The molecule has 1 atom stereocenters. The monoisotopic (exact) mass is 353 g/mol. The van der Waals surface area contributed by atoms with Crippen molar-refractivity contribution in [3.8, 4) is 0 Å². The molecule has 0 fully saturated rings. The van der Waals surface area contributed by atoms with Crippen LogP contribution in [-0.4, -0.2) is 34.5 Å². The van der Waals surface area contributed by atoms with E-state index >= 15 is 0 Å². The van der Waals surface area contributed by atoms with Gasteiger partial charge in [0.2, 0.25) is 5.95 Å². The molecule has 0 aliphatic heterocycles. The van der Waals surface area contributed by atoms with Gasteiger partial charge in [-0.3, -0.25) is 4.79 Å². The Labute approximate surface area is 150 Å². The van der Waals surface area contributed by atoms with E-state index in [4.69, 9.17) is 5.73 Å². The SMILES string of the molecule is CN(C)c1ncc2c(n1)CCC(n1c(C(N)=O)cc3cc(F)ccc31)C2. The zero-order valence-corrected chi connectivity index (χ0v) is 14.7. The predicted octanol–water partition coefficient (Wildman–Crippen LogP) is 2.47. The van der Waals surface area contributed by atoms with Crippen LogP contribution in [0.3, 0.4) is 0 Å². The highest BCUT2D eigenvalue weighted by Crippen LogP contribution is 2.33. The second-order valence-corrected chi connectivity index (χ2v) is 6.90. The number of carbonyl (C=O) groups excluding carboxylic acids is 1. The molecule has 2 N–H and O–H groups in total. The Balaban J connectivity index is 1.77. The van der Waals surface area contributed by atoms with Crippen LogP contribution in [0.2, 0.25) is 0 Å². The van der Waals surface area contributed by atoms with Crippen LogP contribution in [0, 0.1) is 5.82 Å². The van der Waals surface area contributed by atoms with Crippen LogP contribution in [0.15, 0.2) is 30.5 Å². The summed E-state index contributed by atoms with van der Waals surface area (Å²) < 4.78 is 15.5. The highest BCUT2D eigenvalue weighted by atomic mass is 19.1. The number of aromatic nitrogens is 3. The molecule has 1 aliphatic carbocycles. The number of nitrogens with two attached hydrogens (primary N) is 1. The van der Waals surface area contributed by atoms with Gasteiger partial charge in [-0.1, -0.05) is 0 Å². The molecule has 134 valence electrons. The second-order valence-electron chi connectivity index (χ2n) is 6.90. The average Bonchev–Trinajstić information content (AvgIpc) is 2.99. The van der Waals surface area contributed by atoms with Gasteiger partial charge >= 0.3 is 0 Å². The molecule has 0 saturated heterocycles. The van der Waals surface area contributed by atoms with Crippen LogP contribution in [0.4, 0.5) is 10.3 Å². The number of hydrogen-bond donors (Lipinski definition) is 1. The lowest BCUT2D eigenvalue weighted by atomic mass is 9.92. The summed E-state index contributed by atoms with van der Waals surface area (Å²) in [6.07, 6.45) is 4.20. The van der Waals surface area contributed by atoms with Crippen LogP contribution < -0.4 is 10.6 Å². The zero-order chi connectivity index (χ0) is 18.4. The molecule has 0 radical (unpaired) electrons. The Bertz CT molecular complexity index is 1010. The summed E-state index contributed by atoms with van der Waals surface area (Å²) >= 11 is 0. The van der Waals surface area contributed by atoms with Gasteiger partial charge < -0.3 is 15.2 Å². The number of amides is 1. The van der Waals surface area contributed by atoms with Crippen molar-refractivity contribution in [3.05, 3.63) is 53.2 Å². The summed E-state index contributed by atoms with van der Waals surface area (Å²) in [5.41, 5.74) is 8.93. The van der Waals surface area contributed by atoms with Gasteiger partial charge in [-0.25, -0.2) is 14.4 Å². The van der Waals surface area contributed by atoms with Crippen molar-refractivity contribution in [3.63, 3.8) is 0 Å². The van der Waals surface area contributed by atoms with Gasteiger partial charge in [0.25, 0.3) is 5.91 Å². The molecule has 0 saturated carbocycles. The van der Waals surface area contributed by atoms with Crippen LogP contribution >= 0.6 is 0 Å². The molecule has 2 aromatic heterocycles. The van der Waals surface area contributed by atoms with Gasteiger partial charge in [-0.15, -0.1) is 0 Å². The van der Waals surface area contributed by atoms with Gasteiger partial charge in [0.1, 0.15) is 11.5 Å². The molecular weight excluding hydrogens is 333 g/mol. The lowest BCUT2D eigenvalue weighted by molar-refractivity contribution is 0.0989. The Morgan fingerprint density at radius 1 is 1.35 bits per heavy atom. The third-order valence-corrected chi connectivity index (χ3v) is 4.93. The number of nitrogens with zero attached hydrogens (tertiary/aromatic N) is 4. The van der Waals surface area contributed by atoms with E-state index in [0.717, 1.165) is 29.6 Å². The number of benzene rings is 1. The van der Waals surface area contributed by atoms with Gasteiger partial charge in [-0.05, 0) is 49.1 Å². The van der Waals surface area contributed by atoms with E-state index < -0.39 is 5.91 Å². The quantitative estimate of drug-likeness (QED) is 0.785. The van der Waals surface area contributed by atoms with E-state index in [1.54, 1.807) is 12.1 Å². The van der Waals surface area contributed by atoms with Gasteiger partial charge in [-0.2, -0.15) is 0 Å². The van der Waals surface area contributed by atoms with Crippen molar-refractivity contribution in [2.45, 2.75) is 25.3 Å². The number of primary amides is 1. The van der Waals surface area contributed by atoms with Crippen molar-refractivity contribution in [2.75, 3.05) is 19.0 Å². The van der Waals surface area contributed by atoms with E-state index in [1.165, 1.54) is 12.1 Å². The molecule has 3 aromatic rings. The molecule has 7 heteroatoms. The fourth-order valence-electron chi connectivity index (χ4n) is 3.70. The molecule has 0 bridgehead atoms. The van der Waals surface area contributed by atoms with E-state index in [-0.39, 0.29) is 11.9 Å². The maximum absolute atomic E-state index is 13.6. The van der Waals surface area contributed by atoms with Crippen molar-refractivity contribution < 1.29 is 9.18 Å². The number of rotatable bonds is 3. The topological polar surface area (TPSA) is 77.0 Å². The Hall–Kier alpha value is -2.96. The Kier molecular flexibility index (Phi) is 3.86. The van der Waals surface area contributed by atoms with Crippen molar-refractivity contribution in [1.82, 2.24) is 14.5 Å². The first-order chi connectivity index (χ1) is 12.4. The molecule has 4 rings (SSSR count). The molecule has 6 nitrogen and oxygen atoms in total. The third-order valence-electron chi connectivity index (χ3n) is 4.93. The molecule has 1 amide bonds. The van der Waals surface area contributed by atoms with Crippen molar-refractivity contribution in [2.24, 2.45) is 5.73 Å². The van der Waals surface area contributed by atoms with Crippen LogP contribution in [0.1, 0.15) is 34.2 Å². The molecule has 1 aliphatic rings. The minimum Gasteiger partial charge on any atom is -0.364 e. The van der Waals surface area contributed by atoms with E-state index in [9.17, 15) is 9.18 Å². The van der Waals surface area contributed by atoms with Crippen LogP contribution in [0.5, 0.6) is 0 Å². The highest BCUT2D eigenvalue weighted by Gasteiger charge is 2.26. The van der Waals surface area contributed by atoms with Gasteiger partial charge in [0.15, 0.2) is 0 Å². The standard InChI is InChI=1S/C19H20FN5O/c1-24(2)19-22-10-12-8-14(4-5-15(12)23-19)25-16-6-3-13(20)7-11(16)9-17(25)18(21)26/h3,6-7,9-10,14H,4-5,8H2,1-2H3,(H2,21,26). The number of carbonyl (C=O) groups is 1. The van der Waals surface area contributed by atoms with E-state index in [1.807, 2.05) is 29.8 Å². The van der Waals surface area contributed by atoms with Crippen molar-refractivity contribution >= 4 is 22.8 Å². The summed E-state index contributed by atoms with van der Waals surface area (Å²) in [7, 11) is 3.83. The zero-order valence-electron chi connectivity index (χ0n) is 14.7. The first-order valence-corrected chi connectivity index (χ1v) is 8.56. The molecule has 1 aromatic carbocycles. The van der Waals surface area contributed by atoms with Crippen molar-refractivity contribution in [1.29, 1.82) is 0 Å². The first kappa shape index (κ1) is 16.5. The van der Waals surface area contributed by atoms with Gasteiger partial charge in [0, 0.05) is 42.9 Å². The summed E-state index contributed by atoms with van der Waals surface area (Å²) in [6.45, 7) is 0. The van der Waals surface area contributed by atoms with E-state index in [0.29, 0.717) is 23.4 Å². The average molecular weight is 353 g/mol. The highest BCUT2D eigenvalue weighted by molar-refractivity contribution is 5.98. The number of halogens is 1. The first-order valence-electron chi connectivity index (χ1n) is 8.56. The smallest absolute Gasteiger partial charge is 0.265 e. The summed E-state index contributed by atoms with van der Waals surface area (Å²) in [6, 6.07) is 6.27. The minimum atomic E-state index is -0.508. The van der Waals surface area contributed by atoms with Gasteiger partial charge in [0.05, 0.1) is 0 Å². The number of anilines is 1.